The average molecular weight is 688 g/mol. The number of ether oxygens (including phenoxy) is 3. The minimum atomic E-state index is -0.387. The third-order valence-corrected chi connectivity index (χ3v) is 10.1. The maximum Gasteiger partial charge on any atom is 0.0748 e. The number of hydrogen-bond acceptors (Lipinski definition) is 9. The summed E-state index contributed by atoms with van der Waals surface area (Å²) in [5, 5.41) is 15.4. The summed E-state index contributed by atoms with van der Waals surface area (Å²) in [6, 6.07) is 0. The second kappa shape index (κ2) is 19.5. The summed E-state index contributed by atoms with van der Waals surface area (Å²) in [7, 11) is 10.1. The molecule has 0 heterocycles. The third-order valence-electron chi connectivity index (χ3n) is 10.1. The van der Waals surface area contributed by atoms with Gasteiger partial charge in [-0.3, -0.25) is 4.84 Å². The average Bonchev–Trinajstić information content (AvgIpc) is 2.89. The van der Waals surface area contributed by atoms with Crippen molar-refractivity contribution in [2.24, 2.45) is 43.3 Å². The fraction of sp³-hybridized carbons (Fsp3) is 1.00. The maximum absolute atomic E-state index is 6.72. The Morgan fingerprint density at radius 1 is 0.396 bits per heavy atom. The van der Waals surface area contributed by atoms with Crippen molar-refractivity contribution in [2.75, 3.05) is 114 Å². The third kappa shape index (κ3) is 15.1. The van der Waals surface area contributed by atoms with E-state index < -0.39 is 0 Å². The number of rotatable bonds is 28. The van der Waals surface area contributed by atoms with E-state index in [9.17, 15) is 0 Å². The predicted molar refractivity (Wildman–Crippen MR) is 206 cm³/mol. The molecule has 0 rings (SSSR count). The van der Waals surface area contributed by atoms with E-state index in [1.54, 1.807) is 0 Å². The van der Waals surface area contributed by atoms with Gasteiger partial charge in [0.25, 0.3) is 0 Å². The van der Waals surface area contributed by atoms with Crippen LogP contribution in [0.25, 0.3) is 0 Å². The molecule has 0 aliphatic heterocycles. The fourth-order valence-corrected chi connectivity index (χ4v) is 8.29. The Kier molecular flexibility index (Phi) is 19.3. The van der Waals surface area contributed by atoms with E-state index in [0.717, 1.165) is 26.2 Å². The smallest absolute Gasteiger partial charge is 0.0748 e. The van der Waals surface area contributed by atoms with Crippen molar-refractivity contribution < 1.29 is 19.0 Å². The van der Waals surface area contributed by atoms with Gasteiger partial charge in [0.05, 0.1) is 46.2 Å². The lowest BCUT2D eigenvalue weighted by molar-refractivity contribution is -0.261. The van der Waals surface area contributed by atoms with Crippen molar-refractivity contribution in [3.05, 3.63) is 0 Å². The molecule has 0 aliphatic carbocycles. The van der Waals surface area contributed by atoms with Crippen molar-refractivity contribution in [1.82, 2.24) is 26.3 Å². The molecule has 0 aromatic heterocycles. The van der Waals surface area contributed by atoms with Gasteiger partial charge in [0.1, 0.15) is 0 Å². The van der Waals surface area contributed by atoms with Gasteiger partial charge in [-0.15, -0.1) is 0 Å². The van der Waals surface area contributed by atoms with Gasteiger partial charge in [-0.1, -0.05) is 96.9 Å². The standard InChI is InChI=1S/C39H85N5O4/c1-32(2,20-40-15)25-45-29-36(9,10)39(24-44(19)48-28-35(7,8)23-43-18,37(11,12)30-46-26-33(3,4)21-41-16)38(13,14)31-47-27-34(5,6)22-42-17/h40-43H,20-31H2,1-19H3. The summed E-state index contributed by atoms with van der Waals surface area (Å²) in [5.74, 6) is 0. The molecule has 0 aromatic carbocycles. The monoisotopic (exact) mass is 688 g/mol. The molecular weight excluding hydrogens is 602 g/mol. The van der Waals surface area contributed by atoms with E-state index in [4.69, 9.17) is 19.0 Å². The second-order valence-electron chi connectivity index (χ2n) is 19.9. The van der Waals surface area contributed by atoms with E-state index in [1.807, 2.05) is 28.2 Å². The lowest BCUT2D eigenvalue weighted by Crippen LogP contribution is -2.66. The summed E-state index contributed by atoms with van der Waals surface area (Å²) in [5.41, 5.74) is -1.27. The van der Waals surface area contributed by atoms with Crippen molar-refractivity contribution in [1.29, 1.82) is 0 Å². The van der Waals surface area contributed by atoms with Crippen LogP contribution >= 0.6 is 0 Å². The Hall–Kier alpha value is -0.360. The molecule has 0 aliphatic rings. The first kappa shape index (κ1) is 47.6. The first-order valence-electron chi connectivity index (χ1n) is 18.4. The number of hydrogen-bond donors (Lipinski definition) is 4. The maximum atomic E-state index is 6.72. The van der Waals surface area contributed by atoms with Crippen LogP contribution < -0.4 is 21.3 Å². The molecule has 0 bridgehead atoms. The zero-order valence-electron chi connectivity index (χ0n) is 35.6. The van der Waals surface area contributed by atoms with Crippen LogP contribution in [0.5, 0.6) is 0 Å². The minimum Gasteiger partial charge on any atom is -0.380 e. The molecule has 0 saturated heterocycles. The number of hydroxylamine groups is 2. The summed E-state index contributed by atoms with van der Waals surface area (Å²) < 4.78 is 20.1. The number of nitrogens with zero attached hydrogens (tertiary/aromatic N) is 1. The Bertz CT molecular complexity index is 797. The number of nitrogens with one attached hydrogen (secondary N) is 4. The zero-order chi connectivity index (χ0) is 37.7. The molecule has 48 heavy (non-hydrogen) atoms. The highest BCUT2D eigenvalue weighted by molar-refractivity contribution is 5.11. The van der Waals surface area contributed by atoms with Gasteiger partial charge in [0, 0.05) is 66.8 Å². The Morgan fingerprint density at radius 2 is 0.646 bits per heavy atom. The normalized spacial score (nSPS) is 14.8. The molecular formula is C39H85N5O4. The predicted octanol–water partition coefficient (Wildman–Crippen LogP) is 5.95. The molecule has 290 valence electrons. The van der Waals surface area contributed by atoms with Crippen molar-refractivity contribution in [2.45, 2.75) is 96.9 Å². The van der Waals surface area contributed by atoms with Gasteiger partial charge in [0.15, 0.2) is 0 Å². The fourth-order valence-electron chi connectivity index (χ4n) is 8.29. The van der Waals surface area contributed by atoms with Gasteiger partial charge >= 0.3 is 0 Å². The Morgan fingerprint density at radius 3 is 0.896 bits per heavy atom. The highest BCUT2D eigenvalue weighted by Crippen LogP contribution is 2.62. The van der Waals surface area contributed by atoms with E-state index in [-0.39, 0.29) is 43.3 Å². The largest absolute Gasteiger partial charge is 0.380 e. The Balaban J connectivity index is 7.04. The summed E-state index contributed by atoms with van der Waals surface area (Å²) in [4.78, 5) is 6.62. The van der Waals surface area contributed by atoms with E-state index in [0.29, 0.717) is 52.8 Å². The lowest BCUT2D eigenvalue weighted by atomic mass is 9.43. The van der Waals surface area contributed by atoms with E-state index in [1.165, 1.54) is 0 Å². The lowest BCUT2D eigenvalue weighted by Gasteiger charge is -2.64. The van der Waals surface area contributed by atoms with E-state index in [2.05, 4.69) is 130 Å². The highest BCUT2D eigenvalue weighted by atomic mass is 16.7. The summed E-state index contributed by atoms with van der Waals surface area (Å²) >= 11 is 0. The quantitative estimate of drug-likeness (QED) is 0.0746. The van der Waals surface area contributed by atoms with Gasteiger partial charge in [-0.25, -0.2) is 0 Å². The first-order chi connectivity index (χ1) is 21.7. The summed E-state index contributed by atoms with van der Waals surface area (Å²) in [6.07, 6.45) is 0. The first-order valence-corrected chi connectivity index (χ1v) is 18.4. The minimum absolute atomic E-state index is 0.0152. The highest BCUT2D eigenvalue weighted by Gasteiger charge is 2.63. The molecule has 9 nitrogen and oxygen atoms in total. The van der Waals surface area contributed by atoms with Gasteiger partial charge in [-0.2, -0.15) is 5.06 Å². The van der Waals surface area contributed by atoms with Crippen LogP contribution in [0, 0.1) is 43.3 Å². The van der Waals surface area contributed by atoms with Crippen LogP contribution in [0.3, 0.4) is 0 Å². The van der Waals surface area contributed by atoms with Crippen LogP contribution in [0.2, 0.25) is 0 Å². The van der Waals surface area contributed by atoms with Gasteiger partial charge in [-0.05, 0) is 44.4 Å². The molecule has 0 saturated carbocycles. The summed E-state index contributed by atoms with van der Waals surface area (Å²) in [6.45, 7) is 41.0. The SMILES string of the molecule is CNCC(C)(C)COCC(C)(C)C(CN(C)OCC(C)(C)CNC)(C(C)(C)COCC(C)(C)CNC)C(C)(C)COCC(C)(C)CNC. The van der Waals surface area contributed by atoms with Gasteiger partial charge in [0.2, 0.25) is 0 Å². The van der Waals surface area contributed by atoms with Crippen LogP contribution in [-0.4, -0.2) is 119 Å². The molecule has 0 spiro atoms. The van der Waals surface area contributed by atoms with E-state index >= 15 is 0 Å². The van der Waals surface area contributed by atoms with Crippen molar-refractivity contribution in [3.8, 4) is 0 Å². The van der Waals surface area contributed by atoms with Crippen LogP contribution in [0.1, 0.15) is 96.9 Å². The van der Waals surface area contributed by atoms with Crippen LogP contribution in [0.15, 0.2) is 0 Å². The second-order valence-corrected chi connectivity index (χ2v) is 19.9. The van der Waals surface area contributed by atoms with Crippen LogP contribution in [0.4, 0.5) is 0 Å². The van der Waals surface area contributed by atoms with Gasteiger partial charge < -0.3 is 35.5 Å². The molecule has 0 radical (unpaired) electrons. The van der Waals surface area contributed by atoms with Crippen molar-refractivity contribution >= 4 is 0 Å². The molecule has 9 heteroatoms. The Labute approximate surface area is 299 Å². The molecule has 0 atom stereocenters. The topological polar surface area (TPSA) is 88.3 Å². The molecule has 4 N–H and O–H groups in total. The van der Waals surface area contributed by atoms with Crippen molar-refractivity contribution in [3.63, 3.8) is 0 Å². The molecule has 0 unspecified atom stereocenters. The molecule has 0 aromatic rings. The molecule has 0 amide bonds. The van der Waals surface area contributed by atoms with Crippen LogP contribution in [-0.2, 0) is 19.0 Å². The molecule has 0 fully saturated rings. The zero-order valence-corrected chi connectivity index (χ0v) is 35.6.